The molecule has 0 saturated carbocycles. The molecule has 1 amide bonds. The van der Waals surface area contributed by atoms with Crippen LogP contribution in [0.5, 0.6) is 0 Å². The number of carboxylic acids is 1. The van der Waals surface area contributed by atoms with Crippen molar-refractivity contribution in [1.82, 2.24) is 9.97 Å². The summed E-state index contributed by atoms with van der Waals surface area (Å²) in [6.45, 7) is 0. The first-order valence-electron chi connectivity index (χ1n) is 5.57. The third-order valence-corrected chi connectivity index (χ3v) is 2.55. The Hall–Kier alpha value is -2.60. The molecule has 20 heavy (non-hydrogen) atoms. The molecule has 0 radical (unpaired) electrons. The lowest BCUT2D eigenvalue weighted by Gasteiger charge is -2.03. The largest absolute Gasteiger partial charge is 0.478 e. The Balaban J connectivity index is 2.11. The molecule has 0 atom stereocenters. The summed E-state index contributed by atoms with van der Waals surface area (Å²) in [7, 11) is 0. The molecule has 6 nitrogen and oxygen atoms in total. The van der Waals surface area contributed by atoms with Gasteiger partial charge in [-0.1, -0.05) is 11.6 Å². The molecule has 0 aliphatic rings. The molecule has 0 aromatic carbocycles. The van der Waals surface area contributed by atoms with E-state index >= 15 is 0 Å². The highest BCUT2D eigenvalue weighted by molar-refractivity contribution is 6.31. The Morgan fingerprint density at radius 2 is 2.20 bits per heavy atom. The SMILES string of the molecule is O=C(O)/C=C/c1ccnc(NC(=O)c2cc(Cl)c[nH]2)c1. The lowest BCUT2D eigenvalue weighted by molar-refractivity contribution is -0.131. The van der Waals surface area contributed by atoms with Crippen molar-refractivity contribution in [3.05, 3.63) is 52.9 Å². The van der Waals surface area contributed by atoms with Gasteiger partial charge in [-0.3, -0.25) is 4.79 Å². The molecule has 2 aromatic heterocycles. The molecule has 0 spiro atoms. The summed E-state index contributed by atoms with van der Waals surface area (Å²) in [4.78, 5) is 29.0. The molecule has 0 saturated heterocycles. The number of rotatable bonds is 4. The van der Waals surface area contributed by atoms with Crippen LogP contribution < -0.4 is 5.32 Å². The van der Waals surface area contributed by atoms with Crippen LogP contribution in [0.15, 0.2) is 36.7 Å². The number of pyridine rings is 1. The van der Waals surface area contributed by atoms with Gasteiger partial charge >= 0.3 is 5.97 Å². The smallest absolute Gasteiger partial charge is 0.328 e. The van der Waals surface area contributed by atoms with Crippen molar-refractivity contribution in [1.29, 1.82) is 0 Å². The van der Waals surface area contributed by atoms with Gasteiger partial charge in [0.1, 0.15) is 11.5 Å². The molecule has 7 heteroatoms. The minimum Gasteiger partial charge on any atom is -0.478 e. The first-order chi connectivity index (χ1) is 9.54. The van der Waals surface area contributed by atoms with Crippen molar-refractivity contribution in [3.63, 3.8) is 0 Å². The molecule has 0 unspecified atom stereocenters. The summed E-state index contributed by atoms with van der Waals surface area (Å²) in [5.41, 5.74) is 0.922. The fraction of sp³-hybridized carbons (Fsp3) is 0. The number of H-pyrrole nitrogens is 1. The molecular formula is C13H10ClN3O3. The zero-order valence-corrected chi connectivity index (χ0v) is 10.9. The number of hydrogen-bond acceptors (Lipinski definition) is 3. The van der Waals surface area contributed by atoms with Gasteiger partial charge in [0.25, 0.3) is 5.91 Å². The first kappa shape index (κ1) is 13.8. The van der Waals surface area contributed by atoms with E-state index in [-0.39, 0.29) is 5.91 Å². The highest BCUT2D eigenvalue weighted by atomic mass is 35.5. The number of anilines is 1. The van der Waals surface area contributed by atoms with Gasteiger partial charge in [-0.2, -0.15) is 0 Å². The summed E-state index contributed by atoms with van der Waals surface area (Å²) in [5.74, 6) is -1.12. The molecule has 3 N–H and O–H groups in total. The van der Waals surface area contributed by atoms with E-state index in [0.29, 0.717) is 22.1 Å². The maximum absolute atomic E-state index is 11.9. The number of carbonyl (C=O) groups is 2. The van der Waals surface area contributed by atoms with E-state index in [0.717, 1.165) is 6.08 Å². The fourth-order valence-corrected chi connectivity index (χ4v) is 1.63. The van der Waals surface area contributed by atoms with Crippen molar-refractivity contribution in [2.75, 3.05) is 5.32 Å². The van der Waals surface area contributed by atoms with Gasteiger partial charge < -0.3 is 15.4 Å². The Kier molecular flexibility index (Phi) is 4.17. The lowest BCUT2D eigenvalue weighted by Crippen LogP contribution is -2.13. The predicted molar refractivity (Wildman–Crippen MR) is 74.7 cm³/mol. The van der Waals surface area contributed by atoms with Gasteiger partial charge in [-0.15, -0.1) is 0 Å². The van der Waals surface area contributed by atoms with E-state index in [4.69, 9.17) is 16.7 Å². The van der Waals surface area contributed by atoms with Crippen LogP contribution >= 0.6 is 11.6 Å². The number of aromatic amines is 1. The number of hydrogen-bond donors (Lipinski definition) is 3. The number of amides is 1. The molecular weight excluding hydrogens is 282 g/mol. The Bertz CT molecular complexity index is 679. The van der Waals surface area contributed by atoms with Crippen LogP contribution in [0.25, 0.3) is 6.08 Å². The molecule has 2 aromatic rings. The number of nitrogens with one attached hydrogen (secondary N) is 2. The summed E-state index contributed by atoms with van der Waals surface area (Å²) < 4.78 is 0. The number of aromatic nitrogens is 2. The van der Waals surface area contributed by atoms with Crippen LogP contribution in [0, 0.1) is 0 Å². The van der Waals surface area contributed by atoms with Gasteiger partial charge in [-0.25, -0.2) is 9.78 Å². The van der Waals surface area contributed by atoms with Crippen LogP contribution in [0.4, 0.5) is 5.82 Å². The Labute approximate surface area is 119 Å². The molecule has 0 bridgehead atoms. The van der Waals surface area contributed by atoms with Crippen molar-refractivity contribution in [3.8, 4) is 0 Å². The molecule has 2 heterocycles. The van der Waals surface area contributed by atoms with Gasteiger partial charge in [0, 0.05) is 18.5 Å². The van der Waals surface area contributed by atoms with Crippen LogP contribution in [-0.2, 0) is 4.79 Å². The van der Waals surface area contributed by atoms with Crippen LogP contribution in [-0.4, -0.2) is 27.0 Å². The molecule has 0 aliphatic carbocycles. The number of carbonyl (C=O) groups excluding carboxylic acids is 1. The highest BCUT2D eigenvalue weighted by Crippen LogP contribution is 2.13. The van der Waals surface area contributed by atoms with E-state index in [1.165, 1.54) is 24.5 Å². The fourth-order valence-electron chi connectivity index (χ4n) is 1.47. The van der Waals surface area contributed by atoms with E-state index in [9.17, 15) is 9.59 Å². The first-order valence-corrected chi connectivity index (χ1v) is 5.95. The summed E-state index contributed by atoms with van der Waals surface area (Å²) in [6, 6.07) is 4.67. The van der Waals surface area contributed by atoms with E-state index in [1.54, 1.807) is 12.1 Å². The molecule has 0 fully saturated rings. The van der Waals surface area contributed by atoms with Gasteiger partial charge in [-0.05, 0) is 29.8 Å². The second-order valence-electron chi connectivity index (χ2n) is 3.83. The van der Waals surface area contributed by atoms with Gasteiger partial charge in [0.15, 0.2) is 0 Å². The summed E-state index contributed by atoms with van der Waals surface area (Å²) in [6.07, 6.45) is 5.38. The Morgan fingerprint density at radius 1 is 1.40 bits per heavy atom. The van der Waals surface area contributed by atoms with Crippen molar-refractivity contribution >= 4 is 35.4 Å². The van der Waals surface area contributed by atoms with Crippen LogP contribution in [0.2, 0.25) is 5.02 Å². The highest BCUT2D eigenvalue weighted by Gasteiger charge is 2.09. The minimum absolute atomic E-state index is 0.309. The lowest BCUT2D eigenvalue weighted by atomic mass is 10.2. The number of nitrogens with zero attached hydrogens (tertiary/aromatic N) is 1. The second-order valence-corrected chi connectivity index (χ2v) is 4.27. The Morgan fingerprint density at radius 3 is 2.85 bits per heavy atom. The number of aliphatic carboxylic acids is 1. The number of halogens is 1. The second kappa shape index (κ2) is 6.03. The number of carboxylic acid groups (broad SMARTS) is 1. The maximum atomic E-state index is 11.9. The third kappa shape index (κ3) is 3.69. The zero-order chi connectivity index (χ0) is 14.5. The minimum atomic E-state index is -1.05. The normalized spacial score (nSPS) is 10.7. The maximum Gasteiger partial charge on any atom is 0.328 e. The van der Waals surface area contributed by atoms with E-state index in [1.807, 2.05) is 0 Å². The predicted octanol–water partition coefficient (Wildman–Crippen LogP) is 2.41. The summed E-state index contributed by atoms with van der Waals surface area (Å²) >= 11 is 5.71. The van der Waals surface area contributed by atoms with Crippen molar-refractivity contribution < 1.29 is 14.7 Å². The summed E-state index contributed by atoms with van der Waals surface area (Å²) in [5, 5.41) is 11.6. The molecule has 0 aliphatic heterocycles. The zero-order valence-electron chi connectivity index (χ0n) is 10.1. The standard InChI is InChI=1S/C13H10ClN3O3/c14-9-6-10(16-7-9)13(20)17-11-5-8(3-4-15-11)1-2-12(18)19/h1-7,16H,(H,18,19)(H,15,17,20)/b2-1+. The topological polar surface area (TPSA) is 95.1 Å². The van der Waals surface area contributed by atoms with E-state index < -0.39 is 5.97 Å². The van der Waals surface area contributed by atoms with Crippen molar-refractivity contribution in [2.24, 2.45) is 0 Å². The molecule has 102 valence electrons. The van der Waals surface area contributed by atoms with Gasteiger partial charge in [0.05, 0.1) is 5.02 Å². The van der Waals surface area contributed by atoms with Gasteiger partial charge in [0.2, 0.25) is 0 Å². The van der Waals surface area contributed by atoms with Crippen molar-refractivity contribution in [2.45, 2.75) is 0 Å². The third-order valence-electron chi connectivity index (χ3n) is 2.34. The monoisotopic (exact) mass is 291 g/mol. The average Bonchev–Trinajstić information content (AvgIpc) is 2.84. The quantitative estimate of drug-likeness (QED) is 0.754. The molecule has 2 rings (SSSR count). The van der Waals surface area contributed by atoms with Crippen LogP contribution in [0.3, 0.4) is 0 Å². The van der Waals surface area contributed by atoms with E-state index in [2.05, 4.69) is 15.3 Å². The average molecular weight is 292 g/mol. The van der Waals surface area contributed by atoms with Crippen LogP contribution in [0.1, 0.15) is 16.1 Å².